The minimum absolute atomic E-state index is 0.171. The Morgan fingerprint density at radius 1 is 1.60 bits per heavy atom. The van der Waals surface area contributed by atoms with E-state index in [4.69, 9.17) is 23.2 Å². The summed E-state index contributed by atoms with van der Waals surface area (Å²) >= 11 is 10.5. The van der Waals surface area contributed by atoms with Gasteiger partial charge in [-0.05, 0) is 6.42 Å². The molecular formula is C3H6Cl2. The zero-order valence-electron chi connectivity index (χ0n) is 3.04. The summed E-state index contributed by atoms with van der Waals surface area (Å²) in [7, 11) is 0. The van der Waals surface area contributed by atoms with Crippen molar-refractivity contribution in [2.45, 2.75) is 18.2 Å². The largest absolute Gasteiger partial charge is 0.107 e. The molecule has 0 radical (unpaired) electrons. The van der Waals surface area contributed by atoms with Gasteiger partial charge in [-0.2, -0.15) is 0 Å². The molecule has 0 atom stereocenters. The molecule has 0 heterocycles. The molecule has 0 aliphatic rings. The first kappa shape index (κ1) is 5.58. The fourth-order valence-corrected chi connectivity index (χ4v) is 0. The van der Waals surface area contributed by atoms with Gasteiger partial charge in [0.1, 0.15) is 4.84 Å². The van der Waals surface area contributed by atoms with E-state index >= 15 is 0 Å². The summed E-state index contributed by atoms with van der Waals surface area (Å²) in [4.78, 5) is -0.171. The van der Waals surface area contributed by atoms with Crippen molar-refractivity contribution in [3.8, 4) is 0 Å². The van der Waals surface area contributed by atoms with Gasteiger partial charge in [0.25, 0.3) is 0 Å². The predicted molar refractivity (Wildman–Crippen MR) is 25.8 cm³/mol. The van der Waals surface area contributed by atoms with Crippen molar-refractivity contribution in [1.29, 1.82) is 0 Å². The van der Waals surface area contributed by atoms with Crippen molar-refractivity contribution in [3.05, 3.63) is 0 Å². The average Bonchev–Trinajstić information content (AvgIpc) is 1.38. The molecule has 32 valence electrons. The first-order valence-corrected chi connectivity index (χ1v) is 2.42. The second kappa shape index (κ2) is 2.80. The summed E-state index contributed by atoms with van der Waals surface area (Å²) in [5, 5.41) is 0. The van der Waals surface area contributed by atoms with Crippen LogP contribution in [-0.2, 0) is 0 Å². The lowest BCUT2D eigenvalue weighted by atomic mass is 10.6. The maximum Gasteiger partial charge on any atom is 0.107 e. The van der Waals surface area contributed by atoms with Gasteiger partial charge in [-0.3, -0.25) is 0 Å². The van der Waals surface area contributed by atoms with Crippen molar-refractivity contribution >= 4 is 23.2 Å². The van der Waals surface area contributed by atoms with Crippen LogP contribution in [0.4, 0.5) is 0 Å². The average molecular weight is 113 g/mol. The topological polar surface area (TPSA) is 0 Å². The molecule has 0 aromatic carbocycles. The Hall–Kier alpha value is 0.580. The predicted octanol–water partition coefficient (Wildman–Crippen LogP) is 2.20. The quantitative estimate of drug-likeness (QED) is 0.457. The van der Waals surface area contributed by atoms with Crippen molar-refractivity contribution in [3.63, 3.8) is 0 Å². The molecule has 0 spiro atoms. The van der Waals surface area contributed by atoms with E-state index in [0.717, 1.165) is 6.42 Å². The van der Waals surface area contributed by atoms with Crippen LogP contribution in [-0.4, -0.2) is 4.84 Å². The van der Waals surface area contributed by atoms with Gasteiger partial charge in [0.15, 0.2) is 0 Å². The summed E-state index contributed by atoms with van der Waals surface area (Å²) in [5.74, 6) is 0. The molecule has 0 fully saturated rings. The first-order chi connectivity index (χ1) is 2.27. The maximum atomic E-state index is 5.23. The van der Waals surface area contributed by atoms with Crippen LogP contribution in [0.3, 0.4) is 0 Å². The Bertz CT molecular complexity index is 18.9. The lowest BCUT2D eigenvalue weighted by Gasteiger charge is -1.84. The maximum absolute atomic E-state index is 5.23. The lowest BCUT2D eigenvalue weighted by Crippen LogP contribution is -1.75. The summed E-state index contributed by atoms with van der Waals surface area (Å²) < 4.78 is 0. The van der Waals surface area contributed by atoms with Gasteiger partial charge in [0.05, 0.1) is 0 Å². The summed E-state index contributed by atoms with van der Waals surface area (Å²) in [6, 6.07) is 0. The van der Waals surface area contributed by atoms with Crippen LogP contribution in [0.1, 0.15) is 13.3 Å². The van der Waals surface area contributed by atoms with Gasteiger partial charge in [-0.15, -0.1) is 23.2 Å². The lowest BCUT2D eigenvalue weighted by molar-refractivity contribution is 1.04. The van der Waals surface area contributed by atoms with E-state index in [9.17, 15) is 0 Å². The normalized spacial score (nSPS) is 9.60. The molecule has 0 aromatic rings. The van der Waals surface area contributed by atoms with E-state index in [1.807, 2.05) is 6.92 Å². The van der Waals surface area contributed by atoms with E-state index < -0.39 is 0 Å². The molecule has 5 heavy (non-hydrogen) atoms. The zero-order valence-corrected chi connectivity index (χ0v) is 4.55. The fourth-order valence-electron chi connectivity index (χ4n) is 0. The van der Waals surface area contributed by atoms with E-state index in [-0.39, 0.29) is 4.84 Å². The highest BCUT2D eigenvalue weighted by Crippen LogP contribution is 2.03. The molecular weight excluding hydrogens is 107 g/mol. The number of alkyl halides is 2. The van der Waals surface area contributed by atoms with Crippen molar-refractivity contribution in [1.82, 2.24) is 0 Å². The van der Waals surface area contributed by atoms with Crippen molar-refractivity contribution in [2.24, 2.45) is 0 Å². The van der Waals surface area contributed by atoms with Crippen molar-refractivity contribution < 1.29 is 0 Å². The molecule has 0 aliphatic heterocycles. The van der Waals surface area contributed by atoms with Crippen LogP contribution in [0.15, 0.2) is 0 Å². The van der Waals surface area contributed by atoms with Crippen LogP contribution >= 0.6 is 23.2 Å². The highest BCUT2D eigenvalue weighted by atomic mass is 35.5. The number of hydrogen-bond acceptors (Lipinski definition) is 0. The number of rotatable bonds is 1. The van der Waals surface area contributed by atoms with Crippen molar-refractivity contribution in [2.75, 3.05) is 0 Å². The minimum atomic E-state index is -0.171. The molecule has 0 amide bonds. The molecule has 0 unspecified atom stereocenters. The Morgan fingerprint density at radius 2 is 1.80 bits per heavy atom. The molecule has 0 aromatic heterocycles. The molecule has 0 N–H and O–H groups in total. The molecule has 0 rings (SSSR count). The molecule has 0 saturated carbocycles. The SMILES string of the molecule is CCC(Cl)Cl. The molecule has 0 nitrogen and oxygen atoms in total. The van der Waals surface area contributed by atoms with E-state index in [2.05, 4.69) is 0 Å². The van der Waals surface area contributed by atoms with Crippen LogP contribution in [0, 0.1) is 0 Å². The second-order valence-electron chi connectivity index (χ2n) is 0.799. The summed E-state index contributed by atoms with van der Waals surface area (Å²) in [6.45, 7) is 1.94. The Labute approximate surface area is 42.1 Å². The third-order valence-corrected chi connectivity index (χ3v) is 0.926. The third kappa shape index (κ3) is 4.58. The fraction of sp³-hybridized carbons (Fsp3) is 1.00. The van der Waals surface area contributed by atoms with Gasteiger partial charge in [-0.1, -0.05) is 6.92 Å². The highest BCUT2D eigenvalue weighted by molar-refractivity contribution is 6.44. The first-order valence-electron chi connectivity index (χ1n) is 1.55. The molecule has 0 bridgehead atoms. The van der Waals surface area contributed by atoms with E-state index in [1.165, 1.54) is 0 Å². The second-order valence-corrected chi connectivity index (χ2v) is 2.08. The van der Waals surface area contributed by atoms with Crippen LogP contribution < -0.4 is 0 Å². The third-order valence-electron chi connectivity index (χ3n) is 0.309. The smallest absolute Gasteiger partial charge is 0.105 e. The van der Waals surface area contributed by atoms with Crippen LogP contribution in [0.5, 0.6) is 0 Å². The standard InChI is InChI=1S/C3H6Cl2/c1-2-3(4)5/h3H,2H2,1H3. The Kier molecular flexibility index (Phi) is 3.12. The van der Waals surface area contributed by atoms with Gasteiger partial charge in [-0.25, -0.2) is 0 Å². The van der Waals surface area contributed by atoms with Gasteiger partial charge in [0, 0.05) is 0 Å². The Balaban J connectivity index is 2.54. The number of halogens is 2. The van der Waals surface area contributed by atoms with Crippen LogP contribution in [0.25, 0.3) is 0 Å². The minimum Gasteiger partial charge on any atom is -0.105 e. The molecule has 2 heteroatoms. The van der Waals surface area contributed by atoms with Gasteiger partial charge in [0.2, 0.25) is 0 Å². The molecule has 0 aliphatic carbocycles. The Morgan fingerprint density at radius 3 is 1.80 bits per heavy atom. The van der Waals surface area contributed by atoms with E-state index in [0.29, 0.717) is 0 Å². The zero-order chi connectivity index (χ0) is 4.28. The van der Waals surface area contributed by atoms with E-state index in [1.54, 1.807) is 0 Å². The van der Waals surface area contributed by atoms with Crippen LogP contribution in [0.2, 0.25) is 0 Å². The summed E-state index contributed by atoms with van der Waals surface area (Å²) in [6.07, 6.45) is 0.836. The van der Waals surface area contributed by atoms with Gasteiger partial charge >= 0.3 is 0 Å². The monoisotopic (exact) mass is 112 g/mol. The highest BCUT2D eigenvalue weighted by Gasteiger charge is 1.86. The molecule has 0 saturated heterocycles. The number of hydrogen-bond donors (Lipinski definition) is 0. The summed E-state index contributed by atoms with van der Waals surface area (Å²) in [5.41, 5.74) is 0. The van der Waals surface area contributed by atoms with Gasteiger partial charge < -0.3 is 0 Å².